The molecule has 2 aromatic heterocycles. The zero-order valence-corrected chi connectivity index (χ0v) is 18.0. The number of H-pyrrole nitrogens is 1. The molecule has 1 atom stereocenters. The number of hydrogen-bond donors (Lipinski definition) is 2. The minimum absolute atomic E-state index is 0.00848. The summed E-state index contributed by atoms with van der Waals surface area (Å²) in [6.45, 7) is 2.02. The highest BCUT2D eigenvalue weighted by molar-refractivity contribution is 6.35. The Kier molecular flexibility index (Phi) is 6.32. The zero-order chi connectivity index (χ0) is 20.4. The molecule has 7 nitrogen and oxygen atoms in total. The lowest BCUT2D eigenvalue weighted by Gasteiger charge is -2.32. The first-order chi connectivity index (χ1) is 14.0. The van der Waals surface area contributed by atoms with E-state index in [1.807, 2.05) is 12.1 Å². The molecular weight excluding hydrogens is 437 g/mol. The Morgan fingerprint density at radius 1 is 1.24 bits per heavy atom. The number of pyridine rings is 1. The van der Waals surface area contributed by atoms with Crippen LogP contribution in [0.25, 0.3) is 11.2 Å². The number of anilines is 1. The van der Waals surface area contributed by atoms with Crippen LogP contribution < -0.4 is 15.1 Å². The van der Waals surface area contributed by atoms with Gasteiger partial charge in [-0.3, -0.25) is 4.84 Å². The van der Waals surface area contributed by atoms with Crippen molar-refractivity contribution in [3.05, 3.63) is 45.0 Å². The van der Waals surface area contributed by atoms with Gasteiger partial charge in [-0.2, -0.15) is 10.5 Å². The molecule has 1 unspecified atom stereocenters. The zero-order valence-electron chi connectivity index (χ0n) is 15.7. The fourth-order valence-electron chi connectivity index (χ4n) is 3.44. The number of hydrogen-bond acceptors (Lipinski definition) is 6. The van der Waals surface area contributed by atoms with Crippen LogP contribution in [0.3, 0.4) is 0 Å². The highest BCUT2D eigenvalue weighted by atomic mass is 35.5. The van der Waals surface area contributed by atoms with Crippen molar-refractivity contribution < 1.29 is 9.57 Å². The lowest BCUT2D eigenvalue weighted by Crippen LogP contribution is -2.42. The lowest BCUT2D eigenvalue weighted by atomic mass is 10.1. The van der Waals surface area contributed by atoms with Crippen molar-refractivity contribution in [3.63, 3.8) is 0 Å². The molecule has 0 saturated carbocycles. The number of imidazole rings is 1. The summed E-state index contributed by atoms with van der Waals surface area (Å²) in [6.07, 6.45) is 1.94. The van der Waals surface area contributed by atoms with Gasteiger partial charge in [-0.15, -0.1) is 0 Å². The summed E-state index contributed by atoms with van der Waals surface area (Å²) in [4.78, 5) is 20.1. The van der Waals surface area contributed by atoms with Crippen molar-refractivity contribution in [3.8, 4) is 5.75 Å². The molecule has 4 rings (SSSR count). The van der Waals surface area contributed by atoms with Crippen LogP contribution in [0.15, 0.2) is 24.3 Å². The van der Waals surface area contributed by atoms with Gasteiger partial charge in [0.25, 0.3) is 0 Å². The molecule has 154 valence electrons. The summed E-state index contributed by atoms with van der Waals surface area (Å²) in [5, 5.41) is 1.45. The van der Waals surface area contributed by atoms with E-state index in [-0.39, 0.29) is 6.10 Å². The van der Waals surface area contributed by atoms with Crippen LogP contribution in [0.4, 0.5) is 5.95 Å². The van der Waals surface area contributed by atoms with Gasteiger partial charge in [0.05, 0.1) is 23.8 Å². The SMILES string of the molecule is COc1c(Cl)cc(Cl)cc1CNOC1CCCN(c2nc3nc(Cl)ccc3[nH]2)C1. The normalized spacial score (nSPS) is 17.1. The minimum atomic E-state index is 0.00848. The molecule has 1 aliphatic rings. The topological polar surface area (TPSA) is 75.3 Å². The van der Waals surface area contributed by atoms with Gasteiger partial charge < -0.3 is 14.6 Å². The molecule has 0 amide bonds. The van der Waals surface area contributed by atoms with Crippen LogP contribution in [-0.4, -0.2) is 41.3 Å². The highest BCUT2D eigenvalue weighted by Crippen LogP contribution is 2.32. The van der Waals surface area contributed by atoms with E-state index in [4.69, 9.17) is 44.4 Å². The molecule has 0 bridgehead atoms. The van der Waals surface area contributed by atoms with Crippen molar-refractivity contribution in [2.75, 3.05) is 25.1 Å². The second-order valence-corrected chi connectivity index (χ2v) is 8.03. The molecule has 1 saturated heterocycles. The predicted molar refractivity (Wildman–Crippen MR) is 115 cm³/mol. The van der Waals surface area contributed by atoms with Crippen LogP contribution in [-0.2, 0) is 11.4 Å². The van der Waals surface area contributed by atoms with Gasteiger partial charge in [0.15, 0.2) is 5.65 Å². The maximum Gasteiger partial charge on any atom is 0.205 e. The molecule has 0 radical (unpaired) electrons. The standard InChI is InChI=1S/C19H20Cl3N5O2/c1-28-17-11(7-12(20)8-14(17)21)9-23-29-13-3-2-6-27(10-13)19-24-15-4-5-16(22)25-18(15)26-19/h4-5,7-8,13,23H,2-3,6,9-10H2,1H3,(H,24,25,26). The molecule has 3 heterocycles. The van der Waals surface area contributed by atoms with Crippen molar-refractivity contribution in [1.29, 1.82) is 0 Å². The summed E-state index contributed by atoms with van der Waals surface area (Å²) < 4.78 is 5.36. The maximum absolute atomic E-state index is 6.18. The van der Waals surface area contributed by atoms with E-state index in [1.165, 1.54) is 0 Å². The molecule has 0 spiro atoms. The van der Waals surface area contributed by atoms with Gasteiger partial charge in [-0.25, -0.2) is 4.98 Å². The largest absolute Gasteiger partial charge is 0.495 e. The van der Waals surface area contributed by atoms with E-state index in [9.17, 15) is 0 Å². The number of nitrogens with zero attached hydrogens (tertiary/aromatic N) is 3. The van der Waals surface area contributed by atoms with Gasteiger partial charge >= 0.3 is 0 Å². The van der Waals surface area contributed by atoms with Gasteiger partial charge in [0, 0.05) is 30.2 Å². The molecule has 1 fully saturated rings. The first kappa shape index (κ1) is 20.5. The fourth-order valence-corrected chi connectivity index (χ4v) is 4.20. The molecule has 2 N–H and O–H groups in total. The first-order valence-electron chi connectivity index (χ1n) is 9.21. The van der Waals surface area contributed by atoms with Crippen molar-refractivity contribution in [2.45, 2.75) is 25.5 Å². The van der Waals surface area contributed by atoms with E-state index in [1.54, 1.807) is 19.2 Å². The van der Waals surface area contributed by atoms with Gasteiger partial charge in [-0.05, 0) is 37.1 Å². The number of methoxy groups -OCH3 is 1. The minimum Gasteiger partial charge on any atom is -0.495 e. The third-order valence-corrected chi connectivity index (χ3v) is 5.49. The fraction of sp³-hybridized carbons (Fsp3) is 0.368. The Bertz CT molecular complexity index is 1010. The smallest absolute Gasteiger partial charge is 0.205 e. The number of fused-ring (bicyclic) bond motifs is 1. The Labute approximate surface area is 183 Å². The Morgan fingerprint density at radius 3 is 2.93 bits per heavy atom. The van der Waals surface area contributed by atoms with Crippen LogP contribution in [0.1, 0.15) is 18.4 Å². The number of piperidine rings is 1. The number of hydroxylamine groups is 1. The lowest BCUT2D eigenvalue weighted by molar-refractivity contribution is -0.0343. The number of ether oxygens (including phenoxy) is 1. The number of nitrogens with one attached hydrogen (secondary N) is 2. The average molecular weight is 457 g/mol. The number of benzene rings is 1. The Hall–Kier alpha value is -1.77. The Morgan fingerprint density at radius 2 is 2.10 bits per heavy atom. The van der Waals surface area contributed by atoms with Crippen molar-refractivity contribution in [2.24, 2.45) is 0 Å². The molecule has 29 heavy (non-hydrogen) atoms. The second-order valence-electron chi connectivity index (χ2n) is 6.79. The summed E-state index contributed by atoms with van der Waals surface area (Å²) in [5.74, 6) is 1.36. The molecule has 10 heteroatoms. The van der Waals surface area contributed by atoms with E-state index in [2.05, 4.69) is 25.3 Å². The first-order valence-corrected chi connectivity index (χ1v) is 10.3. The summed E-state index contributed by atoms with van der Waals surface area (Å²) >= 11 is 18.2. The molecule has 0 aliphatic carbocycles. The van der Waals surface area contributed by atoms with E-state index in [0.29, 0.717) is 39.7 Å². The molecule has 1 aliphatic heterocycles. The number of halogens is 3. The van der Waals surface area contributed by atoms with E-state index >= 15 is 0 Å². The quantitative estimate of drug-likeness (QED) is 0.416. The van der Waals surface area contributed by atoms with Gasteiger partial charge in [-0.1, -0.05) is 34.8 Å². The van der Waals surface area contributed by atoms with Gasteiger partial charge in [0.1, 0.15) is 10.9 Å². The summed E-state index contributed by atoms with van der Waals surface area (Å²) in [6, 6.07) is 7.08. The predicted octanol–water partition coefficient (Wildman–Crippen LogP) is 4.62. The van der Waals surface area contributed by atoms with E-state index in [0.717, 1.165) is 36.4 Å². The van der Waals surface area contributed by atoms with E-state index < -0.39 is 0 Å². The maximum atomic E-state index is 6.18. The molecular formula is C19H20Cl3N5O2. The van der Waals surface area contributed by atoms with Crippen LogP contribution >= 0.6 is 34.8 Å². The van der Waals surface area contributed by atoms with Gasteiger partial charge in [0.2, 0.25) is 5.95 Å². The highest BCUT2D eigenvalue weighted by Gasteiger charge is 2.23. The second kappa shape index (κ2) is 8.93. The number of rotatable bonds is 6. The summed E-state index contributed by atoms with van der Waals surface area (Å²) in [7, 11) is 1.58. The van der Waals surface area contributed by atoms with Crippen molar-refractivity contribution in [1.82, 2.24) is 20.4 Å². The molecule has 3 aromatic rings. The monoisotopic (exact) mass is 455 g/mol. The third kappa shape index (κ3) is 4.70. The number of aromatic amines is 1. The number of aromatic nitrogens is 3. The van der Waals surface area contributed by atoms with Crippen LogP contribution in [0.2, 0.25) is 15.2 Å². The van der Waals surface area contributed by atoms with Crippen molar-refractivity contribution >= 4 is 51.9 Å². The molecule has 1 aromatic carbocycles. The summed E-state index contributed by atoms with van der Waals surface area (Å²) in [5.41, 5.74) is 5.32. The third-order valence-electron chi connectivity index (χ3n) is 4.78. The average Bonchev–Trinajstić information content (AvgIpc) is 3.11. The Balaban J connectivity index is 1.38. The van der Waals surface area contributed by atoms with Crippen LogP contribution in [0.5, 0.6) is 5.75 Å². The van der Waals surface area contributed by atoms with Crippen LogP contribution in [0, 0.1) is 0 Å².